The first-order valence-corrected chi connectivity index (χ1v) is 49.6. The second-order valence-electron chi connectivity index (χ2n) is 33.6. The van der Waals surface area contributed by atoms with Gasteiger partial charge in [0, 0.05) is 31.4 Å². The molecule has 0 amide bonds. The quantitative estimate of drug-likeness (QED) is 0.113. The first kappa shape index (κ1) is 91.2. The summed E-state index contributed by atoms with van der Waals surface area (Å²) in [6.07, 6.45) is 23.2. The summed E-state index contributed by atoms with van der Waals surface area (Å²) in [6, 6.07) is 129. The fourth-order valence-electron chi connectivity index (χ4n) is 17.4. The molecule has 4 aliphatic heterocycles. The summed E-state index contributed by atoms with van der Waals surface area (Å²) in [4.78, 5) is 26.3. The molecule has 0 aromatic heterocycles. The van der Waals surface area contributed by atoms with E-state index in [0.29, 0.717) is 0 Å². The summed E-state index contributed by atoms with van der Waals surface area (Å²) in [5.74, 6) is 2.12. The Morgan fingerprint density at radius 2 is 0.430 bits per heavy atom. The Bertz CT molecular complexity index is 4320. The highest BCUT2D eigenvalue weighted by Crippen LogP contribution is 2.39. The van der Waals surface area contributed by atoms with Crippen LogP contribution in [0.25, 0.3) is 0 Å². The van der Waals surface area contributed by atoms with Gasteiger partial charge in [0.25, 0.3) is 0 Å². The molecule has 0 spiro atoms. The molecule has 2 saturated carbocycles. The van der Waals surface area contributed by atoms with E-state index in [-0.39, 0.29) is 43.6 Å². The van der Waals surface area contributed by atoms with Crippen molar-refractivity contribution in [3.63, 3.8) is 0 Å². The van der Waals surface area contributed by atoms with Gasteiger partial charge in [0.1, 0.15) is 0 Å². The van der Waals surface area contributed by atoms with Crippen molar-refractivity contribution in [2.45, 2.75) is 215 Å². The third-order valence-corrected chi connectivity index (χ3v) is 33.1. The zero-order valence-electron chi connectivity index (χ0n) is 74.1. The van der Waals surface area contributed by atoms with Crippen LogP contribution in [-0.2, 0) is 50.0 Å². The van der Waals surface area contributed by atoms with E-state index in [4.69, 9.17) is 0 Å². The number of rotatable bonds is 12. The van der Waals surface area contributed by atoms with Crippen LogP contribution in [0.1, 0.15) is 135 Å². The standard InChI is InChI=1S/2C21H21S.2C18H15S.2C10H19N.C10H13N.C5H11N/c2*1-16-4-10-19(11-5-16)22(20-12-6-17(2)7-13-20)21-14-8-18(3)9-15-21;2*1-4-10-16(11-5-1)19(17-12-6-2-7-13-17)18-14-8-3-9-15-18;3*1-11-8-4-6-9-5-2-3-7-10(9)11;1-6-4-2-3-5-6/h2*4-15H,1-3H3;2*1-15H;2*9-10H,2-8H2,1H3;2-3,5,7H,4,6,8H2,1H3;2-5H2,1H3/q4*+1;;;;. The van der Waals surface area contributed by atoms with Crippen molar-refractivity contribution in [2.75, 3.05) is 65.8 Å². The van der Waals surface area contributed by atoms with E-state index in [1.807, 2.05) is 0 Å². The number of anilines is 1. The Morgan fingerprint density at radius 1 is 0.207 bits per heavy atom. The van der Waals surface area contributed by atoms with Gasteiger partial charge in [-0.05, 0) is 335 Å². The maximum Gasteiger partial charge on any atom is 0.166 e. The molecule has 5 fully saturated rings. The van der Waals surface area contributed by atoms with Crippen LogP contribution >= 0.6 is 0 Å². The minimum absolute atomic E-state index is 0.0146. The minimum atomic E-state index is -0.0394. The van der Waals surface area contributed by atoms with Crippen LogP contribution in [0.2, 0.25) is 0 Å². The maximum atomic E-state index is 2.59. The van der Waals surface area contributed by atoms with Gasteiger partial charge in [0.05, 0.1) is 43.6 Å². The number of para-hydroxylation sites is 1. The molecule has 8 heteroatoms. The average Bonchev–Trinajstić information content (AvgIpc) is 1.33. The van der Waals surface area contributed by atoms with Crippen LogP contribution in [-0.4, -0.2) is 87.7 Å². The van der Waals surface area contributed by atoms with Crippen molar-refractivity contribution in [2.24, 2.45) is 11.8 Å². The predicted molar refractivity (Wildman–Crippen MR) is 524 cm³/mol. The average molecular weight is 1680 g/mol. The van der Waals surface area contributed by atoms with Crippen LogP contribution in [0, 0.1) is 53.4 Å². The molecule has 3 saturated heterocycles. The highest BCUT2D eigenvalue weighted by molar-refractivity contribution is 7.98. The Balaban J connectivity index is 0.000000130. The summed E-state index contributed by atoms with van der Waals surface area (Å²) in [7, 11) is 8.85. The molecule has 121 heavy (non-hydrogen) atoms. The summed E-state index contributed by atoms with van der Waals surface area (Å²) < 4.78 is 0. The number of aryl methyl sites for hydroxylation is 7. The highest BCUT2D eigenvalue weighted by atomic mass is 32.2. The van der Waals surface area contributed by atoms with Gasteiger partial charge in [0.15, 0.2) is 58.7 Å². The first-order chi connectivity index (χ1) is 59.2. The van der Waals surface area contributed by atoms with E-state index in [2.05, 4.69) is 441 Å². The lowest BCUT2D eigenvalue weighted by molar-refractivity contribution is 0.0841. The number of benzene rings is 13. The predicted octanol–water partition coefficient (Wildman–Crippen LogP) is 28.3. The Kier molecular flexibility index (Phi) is 36.7. The van der Waals surface area contributed by atoms with Crippen molar-refractivity contribution in [3.05, 3.63) is 391 Å². The van der Waals surface area contributed by atoms with Gasteiger partial charge in [-0.2, -0.15) is 0 Å². The van der Waals surface area contributed by atoms with Crippen molar-refractivity contribution in [3.8, 4) is 0 Å². The van der Waals surface area contributed by atoms with E-state index in [0.717, 1.165) is 23.9 Å². The van der Waals surface area contributed by atoms with E-state index in [1.165, 1.54) is 239 Å². The van der Waals surface area contributed by atoms with Crippen molar-refractivity contribution in [1.82, 2.24) is 14.7 Å². The zero-order chi connectivity index (χ0) is 84.3. The second-order valence-corrected chi connectivity index (χ2v) is 41.7. The Labute approximate surface area is 741 Å². The molecular weight excluding hydrogens is 1540 g/mol. The largest absolute Gasteiger partial charge is 0.374 e. The smallest absolute Gasteiger partial charge is 0.166 e. The molecule has 0 radical (unpaired) electrons. The van der Waals surface area contributed by atoms with Crippen molar-refractivity contribution < 1.29 is 0 Å². The molecular formula is C113H134N4S4+4. The lowest BCUT2D eigenvalue weighted by atomic mass is 9.79. The number of likely N-dealkylation sites (tertiary alicyclic amines) is 3. The molecule has 4 unspecified atom stereocenters. The van der Waals surface area contributed by atoms with Gasteiger partial charge in [-0.1, -0.05) is 259 Å². The Hall–Kier alpha value is -9.06. The summed E-state index contributed by atoms with van der Waals surface area (Å²) in [5, 5.41) is 0. The summed E-state index contributed by atoms with van der Waals surface area (Å²) in [6.45, 7) is 19.4. The first-order valence-electron chi connectivity index (χ1n) is 44.7. The molecule has 4 atom stereocenters. The lowest BCUT2D eigenvalue weighted by Gasteiger charge is -2.42. The van der Waals surface area contributed by atoms with Crippen LogP contribution in [0.15, 0.2) is 411 Å². The highest BCUT2D eigenvalue weighted by Gasteiger charge is 2.35. The zero-order valence-corrected chi connectivity index (χ0v) is 77.3. The third-order valence-electron chi connectivity index (χ3n) is 24.1. The van der Waals surface area contributed by atoms with Gasteiger partial charge < -0.3 is 19.6 Å². The molecule has 2 aliphatic carbocycles. The molecule has 0 N–H and O–H groups in total. The van der Waals surface area contributed by atoms with Crippen LogP contribution in [0.3, 0.4) is 0 Å². The maximum absolute atomic E-state index is 2.59. The molecule has 4 nitrogen and oxygen atoms in total. The van der Waals surface area contributed by atoms with E-state index in [1.54, 1.807) is 0 Å². The van der Waals surface area contributed by atoms with Crippen molar-refractivity contribution >= 4 is 49.3 Å². The molecule has 19 rings (SSSR count). The number of hydrogen-bond acceptors (Lipinski definition) is 4. The van der Waals surface area contributed by atoms with Crippen LogP contribution < -0.4 is 4.90 Å². The van der Waals surface area contributed by atoms with Gasteiger partial charge in [-0.25, -0.2) is 0 Å². The fourth-order valence-corrected chi connectivity index (χ4v) is 25.7. The number of hydrogen-bond donors (Lipinski definition) is 0. The van der Waals surface area contributed by atoms with Gasteiger partial charge in [-0.15, -0.1) is 0 Å². The summed E-state index contributed by atoms with van der Waals surface area (Å²) >= 11 is 0. The monoisotopic (exact) mass is 1670 g/mol. The van der Waals surface area contributed by atoms with Crippen LogP contribution in [0.4, 0.5) is 5.69 Å². The molecule has 4 heterocycles. The molecule has 0 bridgehead atoms. The molecule has 13 aromatic carbocycles. The molecule has 13 aromatic rings. The SMILES string of the molecule is CN1CCCC1.CN1CCCC2CCCCC21.CN1CCCC2CCCCC21.CN1CCCc2ccccc21.Cc1ccc([S+](c2ccc(C)cc2)c2ccc(C)cc2)cc1.Cc1ccc([S+](c2ccc(C)cc2)c2ccc(C)cc2)cc1.c1ccc([S+](c2ccccc2)c2ccccc2)cc1.c1ccc([S+](c2ccccc2)c2ccccc2)cc1. The second kappa shape index (κ2) is 48.7. The van der Waals surface area contributed by atoms with Gasteiger partial charge in [-0.3, -0.25) is 0 Å². The number of fused-ring (bicyclic) bond motifs is 3. The van der Waals surface area contributed by atoms with Gasteiger partial charge >= 0.3 is 0 Å². The number of nitrogens with zero attached hydrogens (tertiary/aromatic N) is 4. The topological polar surface area (TPSA) is 13.0 Å². The van der Waals surface area contributed by atoms with Crippen molar-refractivity contribution in [1.29, 1.82) is 0 Å². The normalized spacial score (nSPS) is 17.3. The van der Waals surface area contributed by atoms with Gasteiger partial charge in [0.2, 0.25) is 0 Å². The number of piperidine rings is 2. The van der Waals surface area contributed by atoms with E-state index >= 15 is 0 Å². The molecule has 6 aliphatic rings. The molecule has 626 valence electrons. The Morgan fingerprint density at radius 3 is 0.661 bits per heavy atom. The third kappa shape index (κ3) is 28.0. The van der Waals surface area contributed by atoms with E-state index in [9.17, 15) is 0 Å². The fraction of sp³-hybridized carbons (Fsp3) is 0.310. The van der Waals surface area contributed by atoms with E-state index < -0.39 is 0 Å². The minimum Gasteiger partial charge on any atom is -0.374 e. The summed E-state index contributed by atoms with van der Waals surface area (Å²) in [5.41, 5.74) is 10.8. The van der Waals surface area contributed by atoms with Crippen LogP contribution in [0.5, 0.6) is 0 Å². The lowest BCUT2D eigenvalue weighted by Crippen LogP contribution is -2.44.